The number of amides is 2. The van der Waals surface area contributed by atoms with E-state index < -0.39 is 0 Å². The molecular formula is C23H22N2O3. The van der Waals surface area contributed by atoms with E-state index in [0.29, 0.717) is 25.1 Å². The lowest BCUT2D eigenvalue weighted by molar-refractivity contribution is -0.117. The largest absolute Gasteiger partial charge is 0.494 e. The van der Waals surface area contributed by atoms with Crippen LogP contribution in [-0.4, -0.2) is 31.0 Å². The monoisotopic (exact) mass is 374 g/mol. The molecule has 3 aromatic rings. The molecule has 0 bridgehead atoms. The van der Waals surface area contributed by atoms with Gasteiger partial charge in [0.25, 0.3) is 5.91 Å². The molecule has 4 rings (SSSR count). The van der Waals surface area contributed by atoms with Crippen LogP contribution in [0.4, 0.5) is 5.69 Å². The summed E-state index contributed by atoms with van der Waals surface area (Å²) in [5, 5.41) is 5.11. The van der Waals surface area contributed by atoms with Gasteiger partial charge in [-0.3, -0.25) is 9.59 Å². The Morgan fingerprint density at radius 3 is 2.57 bits per heavy atom. The van der Waals surface area contributed by atoms with E-state index in [1.165, 1.54) is 0 Å². The molecule has 1 atom stereocenters. The summed E-state index contributed by atoms with van der Waals surface area (Å²) in [6.07, 6.45) is 0.298. The molecule has 28 heavy (non-hydrogen) atoms. The van der Waals surface area contributed by atoms with E-state index in [9.17, 15) is 9.59 Å². The first-order chi connectivity index (χ1) is 13.6. The molecule has 0 aromatic heterocycles. The summed E-state index contributed by atoms with van der Waals surface area (Å²) in [7, 11) is 0. The Labute approximate surface area is 163 Å². The zero-order valence-corrected chi connectivity index (χ0v) is 15.7. The summed E-state index contributed by atoms with van der Waals surface area (Å²) in [6, 6.07) is 20.8. The van der Waals surface area contributed by atoms with Crippen molar-refractivity contribution in [1.29, 1.82) is 0 Å². The topological polar surface area (TPSA) is 58.6 Å². The highest BCUT2D eigenvalue weighted by molar-refractivity contribution is 6.00. The Kier molecular flexibility index (Phi) is 4.98. The number of benzene rings is 3. The SMILES string of the molecule is CCOc1ccc(N2C[C@H](NC(=O)c3ccc4ccccc4c3)CC2=O)cc1. The molecule has 0 unspecified atom stereocenters. The lowest BCUT2D eigenvalue weighted by atomic mass is 10.1. The highest BCUT2D eigenvalue weighted by Gasteiger charge is 2.31. The Balaban J connectivity index is 1.43. The second kappa shape index (κ2) is 7.72. The maximum Gasteiger partial charge on any atom is 0.251 e. The smallest absolute Gasteiger partial charge is 0.251 e. The summed E-state index contributed by atoms with van der Waals surface area (Å²) in [5.74, 6) is 0.629. The van der Waals surface area contributed by atoms with Crippen LogP contribution in [0.2, 0.25) is 0 Å². The molecule has 0 saturated carbocycles. The van der Waals surface area contributed by atoms with Gasteiger partial charge in [0, 0.05) is 24.2 Å². The van der Waals surface area contributed by atoms with E-state index in [1.54, 1.807) is 4.90 Å². The van der Waals surface area contributed by atoms with E-state index in [2.05, 4.69) is 5.32 Å². The molecule has 3 aromatic carbocycles. The van der Waals surface area contributed by atoms with Crippen LogP contribution < -0.4 is 15.0 Å². The number of rotatable bonds is 5. The van der Waals surface area contributed by atoms with Crippen molar-refractivity contribution in [2.24, 2.45) is 0 Å². The summed E-state index contributed by atoms with van der Waals surface area (Å²) in [5.41, 5.74) is 1.42. The molecule has 2 amide bonds. The number of fused-ring (bicyclic) bond motifs is 1. The van der Waals surface area contributed by atoms with E-state index in [4.69, 9.17) is 4.74 Å². The molecule has 1 aliphatic heterocycles. The molecular weight excluding hydrogens is 352 g/mol. The van der Waals surface area contributed by atoms with Gasteiger partial charge >= 0.3 is 0 Å². The first-order valence-electron chi connectivity index (χ1n) is 9.47. The highest BCUT2D eigenvalue weighted by atomic mass is 16.5. The maximum absolute atomic E-state index is 12.7. The third-order valence-corrected chi connectivity index (χ3v) is 4.93. The minimum absolute atomic E-state index is 0.00738. The molecule has 5 nitrogen and oxygen atoms in total. The van der Waals surface area contributed by atoms with Gasteiger partial charge in [-0.05, 0) is 54.1 Å². The summed E-state index contributed by atoms with van der Waals surface area (Å²) in [6.45, 7) is 3.00. The van der Waals surface area contributed by atoms with Crippen LogP contribution in [0, 0.1) is 0 Å². The minimum atomic E-state index is -0.210. The minimum Gasteiger partial charge on any atom is -0.494 e. The number of hydrogen-bond acceptors (Lipinski definition) is 3. The van der Waals surface area contributed by atoms with Crippen LogP contribution in [0.25, 0.3) is 10.8 Å². The number of ether oxygens (including phenoxy) is 1. The Morgan fingerprint density at radius 2 is 1.82 bits per heavy atom. The summed E-state index contributed by atoms with van der Waals surface area (Å²) in [4.78, 5) is 26.8. The number of nitrogens with zero attached hydrogens (tertiary/aromatic N) is 1. The van der Waals surface area contributed by atoms with Crippen molar-refractivity contribution in [3.05, 3.63) is 72.3 Å². The summed E-state index contributed by atoms with van der Waals surface area (Å²) >= 11 is 0. The van der Waals surface area contributed by atoms with E-state index in [1.807, 2.05) is 73.7 Å². The van der Waals surface area contributed by atoms with Crippen molar-refractivity contribution < 1.29 is 14.3 Å². The van der Waals surface area contributed by atoms with Crippen LogP contribution in [0.15, 0.2) is 66.7 Å². The van der Waals surface area contributed by atoms with E-state index in [-0.39, 0.29) is 17.9 Å². The molecule has 1 heterocycles. The fourth-order valence-corrected chi connectivity index (χ4v) is 3.54. The van der Waals surface area contributed by atoms with Crippen molar-refractivity contribution in [3.63, 3.8) is 0 Å². The molecule has 142 valence electrons. The average molecular weight is 374 g/mol. The van der Waals surface area contributed by atoms with Gasteiger partial charge in [0.15, 0.2) is 0 Å². The normalized spacial score (nSPS) is 16.4. The van der Waals surface area contributed by atoms with Crippen molar-refractivity contribution in [2.45, 2.75) is 19.4 Å². The molecule has 0 spiro atoms. The van der Waals surface area contributed by atoms with Crippen molar-refractivity contribution in [3.8, 4) is 5.75 Å². The Morgan fingerprint density at radius 1 is 1.07 bits per heavy atom. The second-order valence-electron chi connectivity index (χ2n) is 6.87. The highest BCUT2D eigenvalue weighted by Crippen LogP contribution is 2.24. The number of nitrogens with one attached hydrogen (secondary N) is 1. The lowest BCUT2D eigenvalue weighted by Gasteiger charge is -2.18. The van der Waals surface area contributed by atoms with Gasteiger partial charge in [-0.2, -0.15) is 0 Å². The fraction of sp³-hybridized carbons (Fsp3) is 0.217. The quantitative estimate of drug-likeness (QED) is 0.739. The van der Waals surface area contributed by atoms with Gasteiger partial charge in [-0.15, -0.1) is 0 Å². The van der Waals surface area contributed by atoms with Gasteiger partial charge in [0.1, 0.15) is 5.75 Å². The Bertz CT molecular complexity index is 1010. The van der Waals surface area contributed by atoms with Crippen molar-refractivity contribution >= 4 is 28.3 Å². The lowest BCUT2D eigenvalue weighted by Crippen LogP contribution is -2.37. The van der Waals surface area contributed by atoms with E-state index in [0.717, 1.165) is 22.2 Å². The molecule has 1 aliphatic rings. The molecule has 1 N–H and O–H groups in total. The number of carbonyl (C=O) groups excluding carboxylic acids is 2. The third-order valence-electron chi connectivity index (χ3n) is 4.93. The predicted octanol–water partition coefficient (Wildman–Crippen LogP) is 3.77. The fourth-order valence-electron chi connectivity index (χ4n) is 3.54. The van der Waals surface area contributed by atoms with Crippen LogP contribution in [-0.2, 0) is 4.79 Å². The van der Waals surface area contributed by atoms with Crippen LogP contribution in [0.5, 0.6) is 5.75 Å². The number of carbonyl (C=O) groups is 2. The predicted molar refractivity (Wildman–Crippen MR) is 110 cm³/mol. The molecule has 5 heteroatoms. The van der Waals surface area contributed by atoms with Crippen molar-refractivity contribution in [2.75, 3.05) is 18.1 Å². The standard InChI is InChI=1S/C23H22N2O3/c1-2-28-21-11-9-20(10-12-21)25-15-19(14-22(25)26)24-23(27)18-8-7-16-5-3-4-6-17(16)13-18/h3-13,19H,2,14-15H2,1H3,(H,24,27)/t19-/m1/s1. The van der Waals surface area contributed by atoms with Crippen LogP contribution in [0.1, 0.15) is 23.7 Å². The zero-order valence-electron chi connectivity index (χ0n) is 15.7. The van der Waals surface area contributed by atoms with Gasteiger partial charge in [0.05, 0.1) is 12.6 Å². The van der Waals surface area contributed by atoms with Crippen LogP contribution in [0.3, 0.4) is 0 Å². The van der Waals surface area contributed by atoms with Gasteiger partial charge in [0.2, 0.25) is 5.91 Å². The van der Waals surface area contributed by atoms with Crippen molar-refractivity contribution in [1.82, 2.24) is 5.32 Å². The molecule has 1 fully saturated rings. The first kappa shape index (κ1) is 18.0. The average Bonchev–Trinajstić information content (AvgIpc) is 3.08. The van der Waals surface area contributed by atoms with Gasteiger partial charge < -0.3 is 15.0 Å². The Hall–Kier alpha value is -3.34. The molecule has 0 aliphatic carbocycles. The first-order valence-corrected chi connectivity index (χ1v) is 9.47. The number of hydrogen-bond donors (Lipinski definition) is 1. The zero-order chi connectivity index (χ0) is 19.5. The van der Waals surface area contributed by atoms with E-state index >= 15 is 0 Å². The maximum atomic E-state index is 12.7. The summed E-state index contributed by atoms with van der Waals surface area (Å²) < 4.78 is 5.44. The van der Waals surface area contributed by atoms with Gasteiger partial charge in [-0.25, -0.2) is 0 Å². The third kappa shape index (κ3) is 3.69. The molecule has 0 radical (unpaired) electrons. The van der Waals surface area contributed by atoms with Gasteiger partial charge in [-0.1, -0.05) is 30.3 Å². The molecule has 1 saturated heterocycles. The number of anilines is 1. The van der Waals surface area contributed by atoms with Crippen LogP contribution >= 0.6 is 0 Å². The second-order valence-corrected chi connectivity index (χ2v) is 6.87.